The van der Waals surface area contributed by atoms with Gasteiger partial charge < -0.3 is 14.8 Å². The Bertz CT molecular complexity index is 898. The quantitative estimate of drug-likeness (QED) is 0.798. The molecular formula is C18H22N2O5S. The summed E-state index contributed by atoms with van der Waals surface area (Å²) in [6, 6.07) is 8.50. The second kappa shape index (κ2) is 7.61. The summed E-state index contributed by atoms with van der Waals surface area (Å²) in [5, 5.41) is 12.0. The van der Waals surface area contributed by atoms with Crippen molar-refractivity contribution in [2.75, 3.05) is 13.1 Å². The monoisotopic (exact) mass is 378 g/mol. The van der Waals surface area contributed by atoms with Crippen LogP contribution < -0.4 is 5.32 Å². The zero-order chi connectivity index (χ0) is 18.7. The van der Waals surface area contributed by atoms with Crippen molar-refractivity contribution in [1.82, 2.24) is 9.62 Å². The summed E-state index contributed by atoms with van der Waals surface area (Å²) in [4.78, 5) is 12.4. The highest BCUT2D eigenvalue weighted by Crippen LogP contribution is 2.26. The molecule has 0 saturated carbocycles. The van der Waals surface area contributed by atoms with E-state index in [1.165, 1.54) is 10.4 Å². The first-order chi connectivity index (χ1) is 12.4. The van der Waals surface area contributed by atoms with Crippen molar-refractivity contribution >= 4 is 15.9 Å². The first-order valence-corrected chi connectivity index (χ1v) is 9.94. The molecule has 3 rings (SSSR count). The van der Waals surface area contributed by atoms with Gasteiger partial charge in [-0.25, -0.2) is 8.42 Å². The number of furan rings is 1. The second-order valence-electron chi connectivity index (χ2n) is 6.25. The van der Waals surface area contributed by atoms with E-state index in [2.05, 4.69) is 5.32 Å². The molecular weight excluding hydrogens is 356 g/mol. The summed E-state index contributed by atoms with van der Waals surface area (Å²) in [5.41, 5.74) is 1.51. The van der Waals surface area contributed by atoms with Gasteiger partial charge in [0.15, 0.2) is 5.76 Å². The number of carbonyl (C=O) groups is 1. The number of amides is 1. The van der Waals surface area contributed by atoms with Gasteiger partial charge in [-0.15, -0.1) is 0 Å². The maximum absolute atomic E-state index is 12.7. The summed E-state index contributed by atoms with van der Waals surface area (Å²) < 4.78 is 32.1. The number of nitrogens with zero attached hydrogens (tertiary/aromatic N) is 1. The van der Waals surface area contributed by atoms with Gasteiger partial charge in [-0.2, -0.15) is 4.31 Å². The molecule has 1 aliphatic rings. The fourth-order valence-corrected chi connectivity index (χ4v) is 4.73. The minimum atomic E-state index is -3.63. The van der Waals surface area contributed by atoms with Crippen molar-refractivity contribution < 1.29 is 22.7 Å². The number of hydrogen-bond acceptors (Lipinski definition) is 5. The highest BCUT2D eigenvalue weighted by atomic mass is 32.2. The van der Waals surface area contributed by atoms with Crippen molar-refractivity contribution in [3.8, 4) is 0 Å². The summed E-state index contributed by atoms with van der Waals surface area (Å²) in [6.07, 6.45) is 1.68. The van der Waals surface area contributed by atoms with E-state index in [-0.39, 0.29) is 29.6 Å². The van der Waals surface area contributed by atoms with Gasteiger partial charge in [-0.1, -0.05) is 24.3 Å². The molecule has 0 bridgehead atoms. The molecule has 2 N–H and O–H groups in total. The number of aliphatic hydroxyl groups is 1. The van der Waals surface area contributed by atoms with Crippen molar-refractivity contribution in [2.24, 2.45) is 0 Å². The normalized spacial score (nSPS) is 15.3. The van der Waals surface area contributed by atoms with Crippen LogP contribution >= 0.6 is 0 Å². The third-order valence-electron chi connectivity index (χ3n) is 4.51. The highest BCUT2D eigenvalue weighted by Gasteiger charge is 2.31. The van der Waals surface area contributed by atoms with E-state index in [9.17, 15) is 18.3 Å². The molecule has 1 aliphatic heterocycles. The lowest BCUT2D eigenvalue weighted by molar-refractivity contribution is 0.0921. The maximum atomic E-state index is 12.7. The van der Waals surface area contributed by atoms with E-state index < -0.39 is 15.9 Å². The van der Waals surface area contributed by atoms with Crippen LogP contribution in [0.1, 0.15) is 40.3 Å². The number of sulfonamides is 1. The number of aryl methyl sites for hydroxylation is 1. The number of hydrogen-bond donors (Lipinski definition) is 2. The molecule has 2 heterocycles. The highest BCUT2D eigenvalue weighted by molar-refractivity contribution is 7.89. The van der Waals surface area contributed by atoms with E-state index in [0.717, 1.165) is 24.0 Å². The molecule has 2 aromatic rings. The van der Waals surface area contributed by atoms with Crippen LogP contribution in [-0.4, -0.2) is 36.8 Å². The minimum absolute atomic E-state index is 0.0400. The lowest BCUT2D eigenvalue weighted by atomic mass is 10.1. The molecule has 0 spiro atoms. The average Bonchev–Trinajstić information content (AvgIpc) is 3.30. The van der Waals surface area contributed by atoms with Crippen LogP contribution in [0.2, 0.25) is 0 Å². The lowest BCUT2D eigenvalue weighted by Gasteiger charge is -2.14. The average molecular weight is 378 g/mol. The van der Waals surface area contributed by atoms with Crippen LogP contribution in [0.5, 0.6) is 0 Å². The first-order valence-electron chi connectivity index (χ1n) is 8.50. The topological polar surface area (TPSA) is 99.8 Å². The number of benzene rings is 1. The number of nitrogens with one attached hydrogen (secondary N) is 1. The molecule has 8 heteroatoms. The molecule has 1 saturated heterocycles. The van der Waals surface area contributed by atoms with Crippen molar-refractivity contribution in [3.63, 3.8) is 0 Å². The van der Waals surface area contributed by atoms with E-state index in [1.807, 2.05) is 18.2 Å². The van der Waals surface area contributed by atoms with Crippen LogP contribution in [0.15, 0.2) is 39.6 Å². The Morgan fingerprint density at radius 1 is 1.23 bits per heavy atom. The molecule has 7 nitrogen and oxygen atoms in total. The third-order valence-corrected chi connectivity index (χ3v) is 6.51. The summed E-state index contributed by atoms with van der Waals surface area (Å²) >= 11 is 0. The first kappa shape index (κ1) is 18.6. The van der Waals surface area contributed by atoms with Crippen molar-refractivity contribution in [3.05, 3.63) is 53.0 Å². The summed E-state index contributed by atoms with van der Waals surface area (Å²) in [6.45, 7) is 2.62. The van der Waals surface area contributed by atoms with Gasteiger partial charge in [0.25, 0.3) is 5.91 Å². The second-order valence-corrected chi connectivity index (χ2v) is 8.16. The standard InChI is InChI=1S/C18H22N2O5S/c1-13-17(26(23,24)20-8-4-5-9-20)10-16(25-13)18(22)19-11-14-6-2-3-7-15(14)12-21/h2-3,6-7,10,21H,4-5,8-9,11-12H2,1H3,(H,19,22). The van der Waals surface area contributed by atoms with Gasteiger partial charge in [0.1, 0.15) is 10.7 Å². The predicted octanol–water partition coefficient (Wildman–Crippen LogP) is 1.79. The van der Waals surface area contributed by atoms with Gasteiger partial charge in [0.2, 0.25) is 10.0 Å². The van der Waals surface area contributed by atoms with Crippen molar-refractivity contribution in [1.29, 1.82) is 0 Å². The van der Waals surface area contributed by atoms with Gasteiger partial charge >= 0.3 is 0 Å². The fraction of sp³-hybridized carbons (Fsp3) is 0.389. The van der Waals surface area contributed by atoms with Crippen LogP contribution in [-0.2, 0) is 23.2 Å². The van der Waals surface area contributed by atoms with Crippen LogP contribution in [0.25, 0.3) is 0 Å². The van der Waals surface area contributed by atoms with Crippen molar-refractivity contribution in [2.45, 2.75) is 37.8 Å². The Kier molecular flexibility index (Phi) is 5.45. The van der Waals surface area contributed by atoms with Crippen LogP contribution in [0.3, 0.4) is 0 Å². The van der Waals surface area contributed by atoms with E-state index in [0.29, 0.717) is 13.1 Å². The molecule has 1 fully saturated rings. The van der Waals surface area contributed by atoms with E-state index >= 15 is 0 Å². The van der Waals surface area contributed by atoms with Gasteiger partial charge in [0.05, 0.1) is 6.61 Å². The van der Waals surface area contributed by atoms with Crippen LogP contribution in [0.4, 0.5) is 0 Å². The Balaban J connectivity index is 1.75. The summed E-state index contributed by atoms with van der Waals surface area (Å²) in [7, 11) is -3.63. The van der Waals surface area contributed by atoms with Gasteiger partial charge in [-0.05, 0) is 30.9 Å². The third kappa shape index (κ3) is 3.67. The molecule has 0 radical (unpaired) electrons. The number of rotatable bonds is 6. The molecule has 26 heavy (non-hydrogen) atoms. The predicted molar refractivity (Wildman–Crippen MR) is 95.0 cm³/mol. The zero-order valence-electron chi connectivity index (χ0n) is 14.6. The summed E-state index contributed by atoms with van der Waals surface area (Å²) in [5.74, 6) is -0.330. The van der Waals surface area contributed by atoms with Gasteiger partial charge in [0, 0.05) is 25.7 Å². The molecule has 1 aromatic heterocycles. The zero-order valence-corrected chi connectivity index (χ0v) is 15.4. The number of aliphatic hydroxyl groups excluding tert-OH is 1. The Labute approximate surface area is 152 Å². The SMILES string of the molecule is Cc1oc(C(=O)NCc2ccccc2CO)cc1S(=O)(=O)N1CCCC1. The molecule has 0 unspecified atom stereocenters. The Morgan fingerprint density at radius 3 is 2.54 bits per heavy atom. The molecule has 0 atom stereocenters. The lowest BCUT2D eigenvalue weighted by Crippen LogP contribution is -2.28. The Morgan fingerprint density at radius 2 is 1.88 bits per heavy atom. The number of carbonyl (C=O) groups excluding carboxylic acids is 1. The minimum Gasteiger partial charge on any atom is -0.455 e. The smallest absolute Gasteiger partial charge is 0.287 e. The van der Waals surface area contributed by atoms with Gasteiger partial charge in [-0.3, -0.25) is 4.79 Å². The molecule has 0 aliphatic carbocycles. The van der Waals surface area contributed by atoms with E-state index in [1.54, 1.807) is 13.0 Å². The Hall–Kier alpha value is -2.16. The fourth-order valence-electron chi connectivity index (χ4n) is 3.05. The molecule has 1 aromatic carbocycles. The van der Waals surface area contributed by atoms with E-state index in [4.69, 9.17) is 4.42 Å². The largest absolute Gasteiger partial charge is 0.455 e. The maximum Gasteiger partial charge on any atom is 0.287 e. The molecule has 1 amide bonds. The van der Waals surface area contributed by atoms with Crippen LogP contribution in [0, 0.1) is 6.92 Å². The molecule has 140 valence electrons.